The van der Waals surface area contributed by atoms with Crippen LogP contribution in [0, 0.1) is 0 Å². The summed E-state index contributed by atoms with van der Waals surface area (Å²) in [7, 11) is 4.83. The Morgan fingerprint density at radius 3 is 2.22 bits per heavy atom. The maximum absolute atomic E-state index is 11.8. The Balaban J connectivity index is 2.25. The summed E-state index contributed by atoms with van der Waals surface area (Å²) in [5.74, 6) is 2.15. The van der Waals surface area contributed by atoms with Crippen molar-refractivity contribution in [2.45, 2.75) is 13.5 Å². The van der Waals surface area contributed by atoms with Crippen LogP contribution in [0.3, 0.4) is 0 Å². The predicted octanol–water partition coefficient (Wildman–Crippen LogP) is 3.53. The lowest BCUT2D eigenvalue weighted by Crippen LogP contribution is -2.06. The van der Waals surface area contributed by atoms with Crippen LogP contribution in [0.1, 0.15) is 22.8 Å². The van der Waals surface area contributed by atoms with E-state index in [4.69, 9.17) is 14.2 Å². The quantitative estimate of drug-likeness (QED) is 0.792. The lowest BCUT2D eigenvalue weighted by molar-refractivity contribution is 0.101. The Hall–Kier alpha value is -2.69. The van der Waals surface area contributed by atoms with Gasteiger partial charge >= 0.3 is 0 Å². The molecule has 0 aliphatic rings. The van der Waals surface area contributed by atoms with Gasteiger partial charge in [-0.2, -0.15) is 0 Å². The van der Waals surface area contributed by atoms with Gasteiger partial charge in [-0.25, -0.2) is 0 Å². The van der Waals surface area contributed by atoms with Crippen LogP contribution in [0.15, 0.2) is 36.4 Å². The molecule has 23 heavy (non-hydrogen) atoms. The molecule has 0 atom stereocenters. The molecule has 0 aliphatic heterocycles. The molecule has 2 aromatic carbocycles. The fraction of sp³-hybridized carbons (Fsp3) is 0.278. The highest BCUT2D eigenvalue weighted by Gasteiger charge is 2.10. The van der Waals surface area contributed by atoms with Crippen molar-refractivity contribution >= 4 is 11.5 Å². The normalized spacial score (nSPS) is 10.1. The lowest BCUT2D eigenvalue weighted by atomic mass is 10.1. The molecule has 5 nitrogen and oxygen atoms in total. The Labute approximate surface area is 136 Å². The zero-order chi connectivity index (χ0) is 16.8. The second-order valence-corrected chi connectivity index (χ2v) is 5.00. The van der Waals surface area contributed by atoms with Crippen LogP contribution in [0.2, 0.25) is 0 Å². The molecule has 0 aromatic heterocycles. The van der Waals surface area contributed by atoms with Gasteiger partial charge < -0.3 is 19.5 Å². The molecule has 122 valence electrons. The second kappa shape index (κ2) is 7.54. The van der Waals surface area contributed by atoms with E-state index in [-0.39, 0.29) is 5.78 Å². The van der Waals surface area contributed by atoms with Gasteiger partial charge in [-0.05, 0) is 31.2 Å². The van der Waals surface area contributed by atoms with Gasteiger partial charge in [0.2, 0.25) is 0 Å². The van der Waals surface area contributed by atoms with Crippen LogP contribution in [0.4, 0.5) is 5.69 Å². The number of benzene rings is 2. The van der Waals surface area contributed by atoms with Gasteiger partial charge in [0.15, 0.2) is 5.78 Å². The minimum absolute atomic E-state index is 0.00292. The highest BCUT2D eigenvalue weighted by atomic mass is 16.5. The summed E-state index contributed by atoms with van der Waals surface area (Å²) in [6, 6.07) is 11.0. The molecule has 0 unspecified atom stereocenters. The molecule has 0 fully saturated rings. The van der Waals surface area contributed by atoms with E-state index in [1.54, 1.807) is 40.4 Å². The van der Waals surface area contributed by atoms with E-state index in [2.05, 4.69) is 5.32 Å². The summed E-state index contributed by atoms with van der Waals surface area (Å²) in [5, 5.41) is 3.28. The molecule has 5 heteroatoms. The summed E-state index contributed by atoms with van der Waals surface area (Å²) in [5.41, 5.74) is 2.32. The average molecular weight is 315 g/mol. The minimum Gasteiger partial charge on any atom is -0.497 e. The van der Waals surface area contributed by atoms with Crippen molar-refractivity contribution in [3.05, 3.63) is 47.5 Å². The molecule has 0 bridgehead atoms. The van der Waals surface area contributed by atoms with Crippen LogP contribution >= 0.6 is 0 Å². The number of rotatable bonds is 7. The fourth-order valence-electron chi connectivity index (χ4n) is 2.29. The van der Waals surface area contributed by atoms with Crippen molar-refractivity contribution in [2.24, 2.45) is 0 Å². The summed E-state index contributed by atoms with van der Waals surface area (Å²) in [6.45, 7) is 2.06. The van der Waals surface area contributed by atoms with E-state index in [0.717, 1.165) is 22.7 Å². The zero-order valence-corrected chi connectivity index (χ0v) is 13.8. The van der Waals surface area contributed by atoms with E-state index >= 15 is 0 Å². The van der Waals surface area contributed by atoms with Crippen LogP contribution in [-0.2, 0) is 6.54 Å². The van der Waals surface area contributed by atoms with Gasteiger partial charge in [-0.15, -0.1) is 0 Å². The van der Waals surface area contributed by atoms with Crippen molar-refractivity contribution in [2.75, 3.05) is 26.6 Å². The molecule has 0 radical (unpaired) electrons. The van der Waals surface area contributed by atoms with E-state index < -0.39 is 0 Å². The number of anilines is 1. The zero-order valence-electron chi connectivity index (χ0n) is 13.8. The number of hydrogen-bond acceptors (Lipinski definition) is 5. The SMILES string of the molecule is COc1ccc(C(C)=O)c(NCc2ccc(OC)cc2OC)c1. The second-order valence-electron chi connectivity index (χ2n) is 5.00. The molecule has 0 amide bonds. The Morgan fingerprint density at radius 2 is 1.61 bits per heavy atom. The maximum Gasteiger partial charge on any atom is 0.161 e. The molecule has 0 saturated carbocycles. The topological polar surface area (TPSA) is 56.8 Å². The summed E-state index contributed by atoms with van der Waals surface area (Å²) >= 11 is 0. The van der Waals surface area contributed by atoms with E-state index in [9.17, 15) is 4.79 Å². The molecule has 1 N–H and O–H groups in total. The molecule has 2 aromatic rings. The summed E-state index contributed by atoms with van der Waals surface area (Å²) < 4.78 is 15.8. The minimum atomic E-state index is -0.00292. The fourth-order valence-corrected chi connectivity index (χ4v) is 2.29. The number of carbonyl (C=O) groups is 1. The first-order valence-electron chi connectivity index (χ1n) is 7.22. The molecular formula is C18H21NO4. The third-order valence-electron chi connectivity index (χ3n) is 3.57. The van der Waals surface area contributed by atoms with Gasteiger partial charge in [0.05, 0.1) is 21.3 Å². The van der Waals surface area contributed by atoms with Crippen LogP contribution in [0.25, 0.3) is 0 Å². The number of carbonyl (C=O) groups excluding carboxylic acids is 1. The predicted molar refractivity (Wildman–Crippen MR) is 89.9 cm³/mol. The standard InChI is InChI=1S/C18H21NO4/c1-12(20)16-8-7-14(21-2)9-17(16)19-11-13-5-6-15(22-3)10-18(13)23-4/h5-10,19H,11H2,1-4H3. The molecule has 0 heterocycles. The van der Waals surface area contributed by atoms with E-state index in [0.29, 0.717) is 17.9 Å². The monoisotopic (exact) mass is 315 g/mol. The highest BCUT2D eigenvalue weighted by molar-refractivity contribution is 5.99. The number of ether oxygens (including phenoxy) is 3. The number of methoxy groups -OCH3 is 3. The van der Waals surface area contributed by atoms with Gasteiger partial charge in [-0.1, -0.05) is 0 Å². The number of ketones is 1. The van der Waals surface area contributed by atoms with E-state index in [1.807, 2.05) is 24.3 Å². The van der Waals surface area contributed by atoms with Crippen LogP contribution in [-0.4, -0.2) is 27.1 Å². The van der Waals surface area contributed by atoms with Gasteiger partial charge in [0.25, 0.3) is 0 Å². The first-order valence-corrected chi connectivity index (χ1v) is 7.22. The first kappa shape index (κ1) is 16.7. The van der Waals surface area contributed by atoms with Crippen molar-refractivity contribution in [3.63, 3.8) is 0 Å². The highest BCUT2D eigenvalue weighted by Crippen LogP contribution is 2.27. The van der Waals surface area contributed by atoms with Gasteiger partial charge in [0, 0.05) is 35.5 Å². The smallest absolute Gasteiger partial charge is 0.161 e. The van der Waals surface area contributed by atoms with Crippen LogP contribution < -0.4 is 19.5 Å². The maximum atomic E-state index is 11.8. The molecule has 2 rings (SSSR count). The third kappa shape index (κ3) is 3.94. The Kier molecular flexibility index (Phi) is 5.46. The first-order chi connectivity index (χ1) is 11.1. The average Bonchev–Trinajstić information content (AvgIpc) is 2.59. The molecule has 0 aliphatic carbocycles. The van der Waals surface area contributed by atoms with Crippen molar-refractivity contribution in [3.8, 4) is 17.2 Å². The number of nitrogens with one attached hydrogen (secondary N) is 1. The van der Waals surface area contributed by atoms with Gasteiger partial charge in [0.1, 0.15) is 17.2 Å². The number of Topliss-reactive ketones (excluding diaryl/α,β-unsaturated/α-hetero) is 1. The molecule has 0 spiro atoms. The lowest BCUT2D eigenvalue weighted by Gasteiger charge is -2.14. The Morgan fingerprint density at radius 1 is 0.957 bits per heavy atom. The number of hydrogen-bond donors (Lipinski definition) is 1. The van der Waals surface area contributed by atoms with Crippen molar-refractivity contribution < 1.29 is 19.0 Å². The van der Waals surface area contributed by atoms with Gasteiger partial charge in [-0.3, -0.25) is 4.79 Å². The van der Waals surface area contributed by atoms with Crippen LogP contribution in [0.5, 0.6) is 17.2 Å². The molecular weight excluding hydrogens is 294 g/mol. The third-order valence-corrected chi connectivity index (χ3v) is 3.57. The largest absolute Gasteiger partial charge is 0.497 e. The summed E-state index contributed by atoms with van der Waals surface area (Å²) in [4.78, 5) is 11.8. The van der Waals surface area contributed by atoms with Crippen molar-refractivity contribution in [1.82, 2.24) is 0 Å². The summed E-state index contributed by atoms with van der Waals surface area (Å²) in [6.07, 6.45) is 0. The van der Waals surface area contributed by atoms with Crippen molar-refractivity contribution in [1.29, 1.82) is 0 Å². The Bertz CT molecular complexity index is 697. The van der Waals surface area contributed by atoms with E-state index in [1.165, 1.54) is 0 Å². The molecule has 0 saturated heterocycles.